The normalized spacial score (nSPS) is 16.1. The van der Waals surface area contributed by atoms with Crippen molar-refractivity contribution in [3.05, 3.63) is 58.7 Å². The van der Waals surface area contributed by atoms with Gasteiger partial charge in [-0.05, 0) is 52.4 Å². The van der Waals surface area contributed by atoms with E-state index in [-0.39, 0.29) is 5.92 Å². The molecule has 0 spiro atoms. The van der Waals surface area contributed by atoms with Gasteiger partial charge >= 0.3 is 12.4 Å². The van der Waals surface area contributed by atoms with Crippen LogP contribution in [0.15, 0.2) is 36.4 Å². The van der Waals surface area contributed by atoms with E-state index < -0.39 is 28.9 Å². The fourth-order valence-corrected chi connectivity index (χ4v) is 3.54. The van der Waals surface area contributed by atoms with Crippen molar-refractivity contribution in [2.24, 2.45) is 5.92 Å². The highest BCUT2D eigenvalue weighted by Gasteiger charge is 2.45. The van der Waals surface area contributed by atoms with Crippen LogP contribution in [-0.2, 0) is 17.8 Å². The van der Waals surface area contributed by atoms with E-state index in [0.717, 1.165) is 24.3 Å². The Morgan fingerprint density at radius 2 is 1.08 bits per heavy atom. The molecule has 0 saturated heterocycles. The SMILES string of the molecule is CC(C)C1(C)c2cc(C(F)(F)F)ccc2-c2ccc(C(F)(F)F)cc21. The molecule has 0 saturated carbocycles. The molecule has 0 aliphatic heterocycles. The summed E-state index contributed by atoms with van der Waals surface area (Å²) in [4.78, 5) is 0. The maximum Gasteiger partial charge on any atom is 0.416 e. The molecule has 0 heterocycles. The van der Waals surface area contributed by atoms with Crippen LogP contribution in [0.2, 0.25) is 0 Å². The van der Waals surface area contributed by atoms with Gasteiger partial charge in [0.1, 0.15) is 0 Å². The number of benzene rings is 2. The fourth-order valence-electron chi connectivity index (χ4n) is 3.54. The van der Waals surface area contributed by atoms with Gasteiger partial charge in [-0.15, -0.1) is 0 Å². The van der Waals surface area contributed by atoms with Crippen LogP contribution in [-0.4, -0.2) is 0 Å². The predicted octanol–water partition coefficient (Wildman–Crippen LogP) is 6.67. The summed E-state index contributed by atoms with van der Waals surface area (Å²) in [5, 5.41) is 0. The number of fused-ring (bicyclic) bond motifs is 3. The quantitative estimate of drug-likeness (QED) is 0.500. The molecule has 0 fully saturated rings. The predicted molar refractivity (Wildman–Crippen MR) is 83.2 cm³/mol. The average molecular weight is 358 g/mol. The zero-order valence-corrected chi connectivity index (χ0v) is 13.8. The van der Waals surface area contributed by atoms with Crippen molar-refractivity contribution < 1.29 is 26.3 Å². The topological polar surface area (TPSA) is 0 Å². The molecule has 0 aromatic heterocycles. The van der Waals surface area contributed by atoms with E-state index in [2.05, 4.69) is 0 Å². The fraction of sp³-hybridized carbons (Fsp3) is 0.368. The van der Waals surface area contributed by atoms with Gasteiger partial charge in [0.25, 0.3) is 0 Å². The molecule has 0 unspecified atom stereocenters. The molecule has 3 rings (SSSR count). The van der Waals surface area contributed by atoms with Crippen molar-refractivity contribution in [2.75, 3.05) is 0 Å². The third-order valence-electron chi connectivity index (χ3n) is 5.26. The van der Waals surface area contributed by atoms with E-state index in [1.807, 2.05) is 0 Å². The summed E-state index contributed by atoms with van der Waals surface area (Å²) >= 11 is 0. The Labute approximate surface area is 141 Å². The first-order valence-corrected chi connectivity index (χ1v) is 7.80. The van der Waals surface area contributed by atoms with E-state index in [1.165, 1.54) is 12.1 Å². The second-order valence-electron chi connectivity index (χ2n) is 6.87. The van der Waals surface area contributed by atoms with Gasteiger partial charge in [-0.3, -0.25) is 0 Å². The van der Waals surface area contributed by atoms with Crippen LogP contribution in [0.25, 0.3) is 11.1 Å². The van der Waals surface area contributed by atoms with Crippen molar-refractivity contribution in [2.45, 2.75) is 38.5 Å². The lowest BCUT2D eigenvalue weighted by Gasteiger charge is -2.32. The molecule has 1 aliphatic rings. The minimum Gasteiger partial charge on any atom is -0.166 e. The van der Waals surface area contributed by atoms with Gasteiger partial charge in [-0.25, -0.2) is 0 Å². The van der Waals surface area contributed by atoms with E-state index in [0.29, 0.717) is 22.3 Å². The summed E-state index contributed by atoms with van der Waals surface area (Å²) in [6.45, 7) is 5.32. The van der Waals surface area contributed by atoms with Crippen molar-refractivity contribution in [3.8, 4) is 11.1 Å². The second-order valence-corrected chi connectivity index (χ2v) is 6.87. The number of alkyl halides is 6. The smallest absolute Gasteiger partial charge is 0.166 e. The molecule has 25 heavy (non-hydrogen) atoms. The zero-order chi connectivity index (χ0) is 18.8. The molecular weight excluding hydrogens is 342 g/mol. The van der Waals surface area contributed by atoms with E-state index in [9.17, 15) is 26.3 Å². The van der Waals surface area contributed by atoms with Crippen LogP contribution in [0.1, 0.15) is 43.0 Å². The average Bonchev–Trinajstić information content (AvgIpc) is 2.76. The molecule has 1 aliphatic carbocycles. The van der Waals surface area contributed by atoms with Gasteiger partial charge in [-0.2, -0.15) is 26.3 Å². The molecule has 0 radical (unpaired) electrons. The van der Waals surface area contributed by atoms with Gasteiger partial charge in [0.05, 0.1) is 11.1 Å². The van der Waals surface area contributed by atoms with Crippen molar-refractivity contribution in [1.29, 1.82) is 0 Å². The van der Waals surface area contributed by atoms with Gasteiger partial charge in [0.15, 0.2) is 0 Å². The Morgan fingerprint density at radius 1 is 0.720 bits per heavy atom. The number of halogens is 6. The highest BCUT2D eigenvalue weighted by atomic mass is 19.4. The summed E-state index contributed by atoms with van der Waals surface area (Å²) in [7, 11) is 0. The van der Waals surface area contributed by atoms with Crippen LogP contribution in [0.3, 0.4) is 0 Å². The van der Waals surface area contributed by atoms with Crippen LogP contribution in [0.4, 0.5) is 26.3 Å². The maximum absolute atomic E-state index is 13.1. The molecule has 2 aromatic carbocycles. The monoisotopic (exact) mass is 358 g/mol. The Balaban J connectivity index is 2.30. The van der Waals surface area contributed by atoms with Crippen LogP contribution in [0, 0.1) is 5.92 Å². The number of hydrogen-bond donors (Lipinski definition) is 0. The Hall–Kier alpha value is -1.98. The highest BCUT2D eigenvalue weighted by Crippen LogP contribution is 2.54. The first-order chi connectivity index (χ1) is 11.4. The van der Waals surface area contributed by atoms with Crippen molar-refractivity contribution in [3.63, 3.8) is 0 Å². The van der Waals surface area contributed by atoms with Gasteiger partial charge < -0.3 is 0 Å². The van der Waals surface area contributed by atoms with Gasteiger partial charge in [-0.1, -0.05) is 32.9 Å². The molecule has 0 N–H and O–H groups in total. The summed E-state index contributed by atoms with van der Waals surface area (Å²) in [6, 6.07) is 6.82. The lowest BCUT2D eigenvalue weighted by Crippen LogP contribution is -2.28. The number of hydrogen-bond acceptors (Lipinski definition) is 0. The first kappa shape index (κ1) is 17.8. The Kier molecular flexibility index (Phi) is 3.75. The summed E-state index contributed by atoms with van der Waals surface area (Å²) in [5.41, 5.74) is -0.532. The minimum atomic E-state index is -4.50. The highest BCUT2D eigenvalue weighted by molar-refractivity contribution is 5.81. The van der Waals surface area contributed by atoms with E-state index >= 15 is 0 Å². The molecule has 0 nitrogen and oxygen atoms in total. The molecule has 0 amide bonds. The molecule has 2 aromatic rings. The van der Waals surface area contributed by atoms with Crippen molar-refractivity contribution in [1.82, 2.24) is 0 Å². The molecule has 6 heteroatoms. The second kappa shape index (κ2) is 5.26. The van der Waals surface area contributed by atoms with Crippen LogP contribution in [0.5, 0.6) is 0 Å². The van der Waals surface area contributed by atoms with E-state index in [1.54, 1.807) is 20.8 Å². The molecular formula is C19H16F6. The third-order valence-corrected chi connectivity index (χ3v) is 5.26. The molecule has 0 bridgehead atoms. The summed E-state index contributed by atoms with van der Waals surface area (Å²) in [5.74, 6) is -0.181. The maximum atomic E-state index is 13.1. The third kappa shape index (κ3) is 2.62. The summed E-state index contributed by atoms with van der Waals surface area (Å²) < 4.78 is 78.7. The standard InChI is InChI=1S/C19H16F6/c1-10(2)17(3)15-8-11(18(20,21)22)4-6-13(15)14-7-5-12(9-16(14)17)19(23,24)25/h4-10H,1-3H3. The Morgan fingerprint density at radius 3 is 1.36 bits per heavy atom. The zero-order valence-electron chi connectivity index (χ0n) is 13.8. The van der Waals surface area contributed by atoms with Crippen LogP contribution >= 0.6 is 0 Å². The van der Waals surface area contributed by atoms with Gasteiger partial charge in [0.2, 0.25) is 0 Å². The molecule has 134 valence electrons. The lowest BCUT2D eigenvalue weighted by atomic mass is 9.71. The summed E-state index contributed by atoms with van der Waals surface area (Å²) in [6.07, 6.45) is -9.00. The minimum absolute atomic E-state index is 0.181. The van der Waals surface area contributed by atoms with E-state index in [4.69, 9.17) is 0 Å². The Bertz CT molecular complexity index is 763. The van der Waals surface area contributed by atoms with Crippen LogP contribution < -0.4 is 0 Å². The number of rotatable bonds is 1. The van der Waals surface area contributed by atoms with Crippen molar-refractivity contribution >= 4 is 0 Å². The first-order valence-electron chi connectivity index (χ1n) is 7.80. The largest absolute Gasteiger partial charge is 0.416 e. The lowest BCUT2D eigenvalue weighted by molar-refractivity contribution is -0.138. The van der Waals surface area contributed by atoms with Gasteiger partial charge in [0, 0.05) is 5.41 Å². The molecule has 0 atom stereocenters.